The summed E-state index contributed by atoms with van der Waals surface area (Å²) in [5.41, 5.74) is 1.84. The van der Waals surface area contributed by atoms with E-state index in [1.807, 2.05) is 42.5 Å². The summed E-state index contributed by atoms with van der Waals surface area (Å²) in [6.45, 7) is 0. The number of hydrogen-bond donors (Lipinski definition) is 2. The van der Waals surface area contributed by atoms with Gasteiger partial charge in [0, 0.05) is 0 Å². The lowest BCUT2D eigenvalue weighted by Crippen LogP contribution is -2.06. The Kier molecular flexibility index (Phi) is 3.05. The van der Waals surface area contributed by atoms with E-state index in [1.54, 1.807) is 12.1 Å². The lowest BCUT2D eigenvalue weighted by Gasteiger charge is -2.01. The van der Waals surface area contributed by atoms with Crippen LogP contribution in [0.1, 0.15) is 11.1 Å². The molecule has 0 fully saturated rings. The minimum Gasteiger partial charge on any atom is -0.506 e. The van der Waals surface area contributed by atoms with Crippen molar-refractivity contribution in [1.29, 1.82) is 0 Å². The van der Waals surface area contributed by atoms with E-state index in [0.717, 1.165) is 11.1 Å². The molecular formula is C16H12N2O2. The number of fused-ring (bicyclic) bond motifs is 1. The average Bonchev–Trinajstić information content (AvgIpc) is 2.47. The molecule has 0 aliphatic heterocycles. The first-order valence-corrected chi connectivity index (χ1v) is 6.17. The van der Waals surface area contributed by atoms with Crippen LogP contribution in [0, 0.1) is 0 Å². The summed E-state index contributed by atoms with van der Waals surface area (Å²) in [6, 6.07) is 13.1. The molecule has 2 N–H and O–H groups in total. The van der Waals surface area contributed by atoms with Gasteiger partial charge in [-0.05, 0) is 23.3 Å². The number of aromatic nitrogens is 2. The number of aromatic hydroxyl groups is 1. The van der Waals surface area contributed by atoms with Gasteiger partial charge in [0.15, 0.2) is 0 Å². The Labute approximate surface area is 115 Å². The van der Waals surface area contributed by atoms with E-state index in [2.05, 4.69) is 9.97 Å². The predicted molar refractivity (Wildman–Crippen MR) is 79.4 cm³/mol. The lowest BCUT2D eigenvalue weighted by atomic mass is 10.1. The van der Waals surface area contributed by atoms with Gasteiger partial charge in [0.2, 0.25) is 0 Å². The van der Waals surface area contributed by atoms with Crippen molar-refractivity contribution in [2.24, 2.45) is 0 Å². The first-order chi connectivity index (χ1) is 9.74. The molecule has 4 heteroatoms. The normalized spacial score (nSPS) is 11.2. The van der Waals surface area contributed by atoms with Crippen molar-refractivity contribution in [3.8, 4) is 5.75 Å². The lowest BCUT2D eigenvalue weighted by molar-refractivity contribution is 0.480. The van der Waals surface area contributed by atoms with E-state index in [-0.39, 0.29) is 11.3 Å². The molecular weight excluding hydrogens is 252 g/mol. The van der Waals surface area contributed by atoms with Crippen LogP contribution in [0.4, 0.5) is 0 Å². The summed E-state index contributed by atoms with van der Waals surface area (Å²) in [6.07, 6.45) is 5.05. The Balaban J connectivity index is 2.07. The van der Waals surface area contributed by atoms with E-state index in [1.165, 1.54) is 6.33 Å². The third-order valence-electron chi connectivity index (χ3n) is 3.01. The second-order valence-corrected chi connectivity index (χ2v) is 4.41. The molecule has 0 spiro atoms. The second-order valence-electron chi connectivity index (χ2n) is 4.41. The Bertz CT molecular complexity index is 836. The Hall–Kier alpha value is -2.88. The van der Waals surface area contributed by atoms with Crippen molar-refractivity contribution in [3.63, 3.8) is 0 Å². The van der Waals surface area contributed by atoms with Crippen molar-refractivity contribution in [2.45, 2.75) is 0 Å². The quantitative estimate of drug-likeness (QED) is 0.699. The fourth-order valence-corrected chi connectivity index (χ4v) is 2.04. The maximum atomic E-state index is 11.7. The summed E-state index contributed by atoms with van der Waals surface area (Å²) < 4.78 is 0. The third-order valence-corrected chi connectivity index (χ3v) is 3.01. The SMILES string of the molecule is O=c1[nH]cnc2c(O)cc(/C=C/c3ccccc3)cc12. The predicted octanol–water partition coefficient (Wildman–Crippen LogP) is 2.80. The second kappa shape index (κ2) is 5.01. The van der Waals surface area contributed by atoms with E-state index >= 15 is 0 Å². The summed E-state index contributed by atoms with van der Waals surface area (Å²) in [5, 5.41) is 10.3. The third kappa shape index (κ3) is 2.31. The highest BCUT2D eigenvalue weighted by Crippen LogP contribution is 2.23. The highest BCUT2D eigenvalue weighted by Gasteiger charge is 2.05. The van der Waals surface area contributed by atoms with Gasteiger partial charge in [0.05, 0.1) is 11.7 Å². The molecule has 0 saturated carbocycles. The number of hydrogen-bond acceptors (Lipinski definition) is 3. The van der Waals surface area contributed by atoms with E-state index in [9.17, 15) is 9.90 Å². The van der Waals surface area contributed by atoms with Gasteiger partial charge in [0.1, 0.15) is 11.3 Å². The van der Waals surface area contributed by atoms with Gasteiger partial charge in [-0.25, -0.2) is 4.98 Å². The van der Waals surface area contributed by atoms with Crippen molar-refractivity contribution >= 4 is 23.1 Å². The molecule has 0 saturated heterocycles. The van der Waals surface area contributed by atoms with Crippen LogP contribution in [-0.2, 0) is 0 Å². The molecule has 0 bridgehead atoms. The molecule has 3 rings (SSSR count). The summed E-state index contributed by atoms with van der Waals surface area (Å²) in [7, 11) is 0. The number of benzene rings is 2. The summed E-state index contributed by atoms with van der Waals surface area (Å²) in [4.78, 5) is 18.2. The number of nitrogens with one attached hydrogen (secondary N) is 1. The maximum Gasteiger partial charge on any atom is 0.258 e. The molecule has 0 unspecified atom stereocenters. The summed E-state index contributed by atoms with van der Waals surface area (Å²) >= 11 is 0. The van der Waals surface area contributed by atoms with E-state index in [4.69, 9.17) is 0 Å². The van der Waals surface area contributed by atoms with Crippen molar-refractivity contribution in [2.75, 3.05) is 0 Å². The monoisotopic (exact) mass is 264 g/mol. The van der Waals surface area contributed by atoms with Crippen LogP contribution in [0.15, 0.2) is 53.6 Å². The topological polar surface area (TPSA) is 66.0 Å². The van der Waals surface area contributed by atoms with Gasteiger partial charge in [0.25, 0.3) is 5.56 Å². The van der Waals surface area contributed by atoms with Gasteiger partial charge in [-0.15, -0.1) is 0 Å². The standard InChI is InChI=1S/C16H12N2O2/c19-14-9-12(7-6-11-4-2-1-3-5-11)8-13-15(14)17-10-18-16(13)20/h1-10,19H,(H,17,18,20)/b7-6+. The van der Waals surface area contributed by atoms with Gasteiger partial charge in [-0.3, -0.25) is 4.79 Å². The maximum absolute atomic E-state index is 11.7. The van der Waals surface area contributed by atoms with Crippen LogP contribution in [-0.4, -0.2) is 15.1 Å². The number of H-pyrrole nitrogens is 1. The van der Waals surface area contributed by atoms with Crippen LogP contribution in [0.25, 0.3) is 23.1 Å². The van der Waals surface area contributed by atoms with Crippen LogP contribution in [0.3, 0.4) is 0 Å². The molecule has 0 amide bonds. The Morgan fingerprint density at radius 1 is 1.05 bits per heavy atom. The van der Waals surface area contributed by atoms with Crippen LogP contribution < -0.4 is 5.56 Å². The first kappa shape index (κ1) is 12.2. The minimum atomic E-state index is -0.264. The number of aromatic amines is 1. The smallest absolute Gasteiger partial charge is 0.258 e. The van der Waals surface area contributed by atoms with Gasteiger partial charge >= 0.3 is 0 Å². The number of phenols is 1. The Morgan fingerprint density at radius 3 is 2.60 bits per heavy atom. The molecule has 1 heterocycles. The van der Waals surface area contributed by atoms with E-state index < -0.39 is 0 Å². The first-order valence-electron chi connectivity index (χ1n) is 6.17. The fraction of sp³-hybridized carbons (Fsp3) is 0. The van der Waals surface area contributed by atoms with Crippen molar-refractivity contribution in [3.05, 3.63) is 70.3 Å². The van der Waals surface area contributed by atoms with Crippen molar-refractivity contribution in [1.82, 2.24) is 9.97 Å². The zero-order valence-corrected chi connectivity index (χ0v) is 10.6. The number of rotatable bonds is 2. The van der Waals surface area contributed by atoms with Gasteiger partial charge in [-0.2, -0.15) is 0 Å². The molecule has 0 aliphatic carbocycles. The van der Waals surface area contributed by atoms with E-state index in [0.29, 0.717) is 10.9 Å². The molecule has 98 valence electrons. The molecule has 20 heavy (non-hydrogen) atoms. The molecule has 2 aromatic carbocycles. The zero-order chi connectivity index (χ0) is 13.9. The van der Waals surface area contributed by atoms with Gasteiger partial charge < -0.3 is 10.1 Å². The van der Waals surface area contributed by atoms with Crippen LogP contribution in [0.2, 0.25) is 0 Å². The van der Waals surface area contributed by atoms with Gasteiger partial charge in [-0.1, -0.05) is 42.5 Å². The Morgan fingerprint density at radius 2 is 1.80 bits per heavy atom. The molecule has 0 aliphatic rings. The largest absolute Gasteiger partial charge is 0.506 e. The molecule has 0 atom stereocenters. The molecule has 1 aromatic heterocycles. The number of nitrogens with zero attached hydrogens (tertiary/aromatic N) is 1. The highest BCUT2D eigenvalue weighted by molar-refractivity contribution is 5.87. The number of phenolic OH excluding ortho intramolecular Hbond substituents is 1. The molecule has 0 radical (unpaired) electrons. The molecule has 3 aromatic rings. The summed E-state index contributed by atoms with van der Waals surface area (Å²) in [5.74, 6) is 0.00121. The van der Waals surface area contributed by atoms with Crippen molar-refractivity contribution < 1.29 is 5.11 Å². The molecule has 4 nitrogen and oxygen atoms in total. The highest BCUT2D eigenvalue weighted by atomic mass is 16.3. The fourth-order valence-electron chi connectivity index (χ4n) is 2.04. The average molecular weight is 264 g/mol. The van der Waals surface area contributed by atoms with Crippen LogP contribution >= 0.6 is 0 Å². The zero-order valence-electron chi connectivity index (χ0n) is 10.6. The minimum absolute atomic E-state index is 0.00121. The van der Waals surface area contributed by atoms with Crippen LogP contribution in [0.5, 0.6) is 5.75 Å².